The molecule has 0 saturated carbocycles. The molecule has 0 bridgehead atoms. The van der Waals surface area contributed by atoms with Gasteiger partial charge in [-0.05, 0) is 59.8 Å². The second-order valence-corrected chi connectivity index (χ2v) is 7.95. The molecule has 4 nitrogen and oxygen atoms in total. The molecule has 3 aromatic rings. The normalized spacial score (nSPS) is 20.8. The lowest BCUT2D eigenvalue weighted by Gasteiger charge is -2.37. The first-order valence-corrected chi connectivity index (χ1v) is 9.91. The average molecular weight is 361 g/mol. The van der Waals surface area contributed by atoms with E-state index >= 15 is 0 Å². The molecule has 1 unspecified atom stereocenters. The SMILES string of the molecule is Cc1c(N2CCOCC2)ccc2c1CN(C)CC2c1ccc2cc[nH]c2c1. The van der Waals surface area contributed by atoms with Crippen LogP contribution in [0.5, 0.6) is 0 Å². The van der Waals surface area contributed by atoms with Crippen LogP contribution in [0.3, 0.4) is 0 Å². The summed E-state index contributed by atoms with van der Waals surface area (Å²) in [5.41, 5.74) is 8.44. The summed E-state index contributed by atoms with van der Waals surface area (Å²) in [5, 5.41) is 1.28. The van der Waals surface area contributed by atoms with Gasteiger partial charge in [-0.15, -0.1) is 0 Å². The van der Waals surface area contributed by atoms with Crippen molar-refractivity contribution in [2.75, 3.05) is 44.8 Å². The molecule has 1 fully saturated rings. The van der Waals surface area contributed by atoms with Gasteiger partial charge in [0.2, 0.25) is 0 Å². The minimum absolute atomic E-state index is 0.420. The Balaban J connectivity index is 1.57. The van der Waals surface area contributed by atoms with E-state index in [0.29, 0.717) is 5.92 Å². The first-order valence-electron chi connectivity index (χ1n) is 9.91. The van der Waals surface area contributed by atoms with E-state index in [1.54, 1.807) is 0 Å². The van der Waals surface area contributed by atoms with Crippen LogP contribution in [0.2, 0.25) is 0 Å². The van der Waals surface area contributed by atoms with Crippen LogP contribution in [0.1, 0.15) is 28.2 Å². The summed E-state index contributed by atoms with van der Waals surface area (Å²) in [5.74, 6) is 0.420. The van der Waals surface area contributed by atoms with Gasteiger partial charge in [-0.1, -0.05) is 18.2 Å². The molecule has 1 aromatic heterocycles. The smallest absolute Gasteiger partial charge is 0.0642 e. The largest absolute Gasteiger partial charge is 0.378 e. The number of hydrogen-bond acceptors (Lipinski definition) is 3. The Labute approximate surface area is 160 Å². The second kappa shape index (κ2) is 6.70. The second-order valence-electron chi connectivity index (χ2n) is 7.95. The summed E-state index contributed by atoms with van der Waals surface area (Å²) in [6, 6.07) is 13.7. The van der Waals surface area contributed by atoms with Crippen molar-refractivity contribution in [3.05, 3.63) is 64.8 Å². The Morgan fingerprint density at radius 2 is 1.93 bits per heavy atom. The summed E-state index contributed by atoms with van der Waals surface area (Å²) in [6.07, 6.45) is 2.02. The van der Waals surface area contributed by atoms with E-state index in [-0.39, 0.29) is 0 Å². The van der Waals surface area contributed by atoms with Crippen molar-refractivity contribution in [2.45, 2.75) is 19.4 Å². The molecular formula is C23H27N3O. The van der Waals surface area contributed by atoms with Crippen molar-refractivity contribution < 1.29 is 4.74 Å². The number of aromatic nitrogens is 1. The highest BCUT2D eigenvalue weighted by atomic mass is 16.5. The number of anilines is 1. The lowest BCUT2D eigenvalue weighted by atomic mass is 9.82. The van der Waals surface area contributed by atoms with Crippen LogP contribution in [-0.2, 0) is 11.3 Å². The predicted molar refractivity (Wildman–Crippen MR) is 111 cm³/mol. The first kappa shape index (κ1) is 16.8. The highest BCUT2D eigenvalue weighted by molar-refractivity contribution is 5.80. The van der Waals surface area contributed by atoms with E-state index in [4.69, 9.17) is 4.74 Å². The molecule has 5 rings (SSSR count). The highest BCUT2D eigenvalue weighted by Gasteiger charge is 2.28. The van der Waals surface area contributed by atoms with Gasteiger partial charge in [0.1, 0.15) is 0 Å². The third kappa shape index (κ3) is 2.93. The summed E-state index contributed by atoms with van der Waals surface area (Å²) in [6.45, 7) is 8.03. The van der Waals surface area contributed by atoms with E-state index in [2.05, 4.69) is 65.2 Å². The molecule has 2 aliphatic heterocycles. The number of ether oxygens (including phenoxy) is 1. The molecule has 1 N–H and O–H groups in total. The Kier molecular flexibility index (Phi) is 4.18. The van der Waals surface area contributed by atoms with Crippen LogP contribution in [0.15, 0.2) is 42.6 Å². The van der Waals surface area contributed by atoms with Crippen molar-refractivity contribution in [1.82, 2.24) is 9.88 Å². The fourth-order valence-corrected chi connectivity index (χ4v) is 4.76. The summed E-state index contributed by atoms with van der Waals surface area (Å²) < 4.78 is 5.54. The van der Waals surface area contributed by atoms with E-state index in [1.807, 2.05) is 6.20 Å². The number of likely N-dealkylation sites (N-methyl/N-ethyl adjacent to an activating group) is 1. The van der Waals surface area contributed by atoms with Crippen molar-refractivity contribution in [3.63, 3.8) is 0 Å². The standard InChI is InChI=1S/C23H27N3O/c1-16-20-14-25(2)15-21(18-4-3-17-7-8-24-22(17)13-18)19(20)5-6-23(16)26-9-11-27-12-10-26/h3-8,13,21,24H,9-12,14-15H2,1-2H3. The van der Waals surface area contributed by atoms with Crippen molar-refractivity contribution in [2.24, 2.45) is 0 Å². The van der Waals surface area contributed by atoms with Crippen LogP contribution in [-0.4, -0.2) is 49.8 Å². The van der Waals surface area contributed by atoms with Crippen LogP contribution >= 0.6 is 0 Å². The molecule has 4 heteroatoms. The van der Waals surface area contributed by atoms with Crippen molar-refractivity contribution in [1.29, 1.82) is 0 Å². The van der Waals surface area contributed by atoms with Gasteiger partial charge in [0, 0.05) is 49.5 Å². The lowest BCUT2D eigenvalue weighted by Crippen LogP contribution is -2.37. The number of benzene rings is 2. The Morgan fingerprint density at radius 3 is 2.78 bits per heavy atom. The fourth-order valence-electron chi connectivity index (χ4n) is 4.76. The van der Waals surface area contributed by atoms with Gasteiger partial charge in [-0.3, -0.25) is 0 Å². The number of fused-ring (bicyclic) bond motifs is 2. The molecule has 2 aliphatic rings. The molecule has 1 saturated heterocycles. The predicted octanol–water partition coefficient (Wildman–Crippen LogP) is 3.89. The third-order valence-electron chi connectivity index (χ3n) is 6.24. The molecule has 27 heavy (non-hydrogen) atoms. The zero-order valence-electron chi connectivity index (χ0n) is 16.2. The molecule has 0 radical (unpaired) electrons. The molecule has 140 valence electrons. The number of rotatable bonds is 2. The quantitative estimate of drug-likeness (QED) is 0.751. The number of nitrogens with zero attached hydrogens (tertiary/aromatic N) is 2. The van der Waals surface area contributed by atoms with Crippen LogP contribution < -0.4 is 4.90 Å². The van der Waals surface area contributed by atoms with Gasteiger partial charge < -0.3 is 19.5 Å². The third-order valence-corrected chi connectivity index (χ3v) is 6.24. The molecule has 0 amide bonds. The Hall–Kier alpha value is -2.30. The molecular weight excluding hydrogens is 334 g/mol. The van der Waals surface area contributed by atoms with Crippen LogP contribution in [0.4, 0.5) is 5.69 Å². The molecule has 3 heterocycles. The van der Waals surface area contributed by atoms with Gasteiger partial charge in [-0.2, -0.15) is 0 Å². The minimum atomic E-state index is 0.420. The highest BCUT2D eigenvalue weighted by Crippen LogP contribution is 2.38. The van der Waals surface area contributed by atoms with Gasteiger partial charge >= 0.3 is 0 Å². The maximum absolute atomic E-state index is 5.54. The maximum atomic E-state index is 5.54. The van der Waals surface area contributed by atoms with Crippen LogP contribution in [0.25, 0.3) is 10.9 Å². The Morgan fingerprint density at radius 1 is 1.07 bits per heavy atom. The molecule has 2 aromatic carbocycles. The summed E-state index contributed by atoms with van der Waals surface area (Å²) in [4.78, 5) is 8.31. The van der Waals surface area contributed by atoms with Gasteiger partial charge in [0.05, 0.1) is 13.2 Å². The fraction of sp³-hybridized carbons (Fsp3) is 0.391. The van der Waals surface area contributed by atoms with Gasteiger partial charge in [-0.25, -0.2) is 0 Å². The molecule has 1 atom stereocenters. The lowest BCUT2D eigenvalue weighted by molar-refractivity contribution is 0.122. The van der Waals surface area contributed by atoms with Crippen molar-refractivity contribution >= 4 is 16.6 Å². The molecule has 0 spiro atoms. The average Bonchev–Trinajstić information content (AvgIpc) is 3.17. The monoisotopic (exact) mass is 361 g/mol. The number of nitrogens with one attached hydrogen (secondary N) is 1. The number of aromatic amines is 1. The minimum Gasteiger partial charge on any atom is -0.378 e. The maximum Gasteiger partial charge on any atom is 0.0642 e. The zero-order valence-corrected chi connectivity index (χ0v) is 16.2. The topological polar surface area (TPSA) is 31.5 Å². The van der Waals surface area contributed by atoms with E-state index in [0.717, 1.165) is 39.4 Å². The number of morpholine rings is 1. The summed E-state index contributed by atoms with van der Waals surface area (Å²) in [7, 11) is 2.24. The van der Waals surface area contributed by atoms with Crippen LogP contribution in [0, 0.1) is 6.92 Å². The number of H-pyrrole nitrogens is 1. The van der Waals surface area contributed by atoms with E-state index in [1.165, 1.54) is 38.8 Å². The first-order chi connectivity index (χ1) is 13.2. The van der Waals surface area contributed by atoms with Gasteiger partial charge in [0.15, 0.2) is 0 Å². The zero-order chi connectivity index (χ0) is 18.4. The Bertz CT molecular complexity index is 971. The van der Waals surface area contributed by atoms with E-state index in [9.17, 15) is 0 Å². The van der Waals surface area contributed by atoms with E-state index < -0.39 is 0 Å². The summed E-state index contributed by atoms with van der Waals surface area (Å²) >= 11 is 0. The van der Waals surface area contributed by atoms with Crippen molar-refractivity contribution in [3.8, 4) is 0 Å². The molecule has 0 aliphatic carbocycles. The number of hydrogen-bond donors (Lipinski definition) is 1. The van der Waals surface area contributed by atoms with Gasteiger partial charge in [0.25, 0.3) is 0 Å².